The first-order chi connectivity index (χ1) is 10.2. The summed E-state index contributed by atoms with van der Waals surface area (Å²) in [5.41, 5.74) is 4.61. The summed E-state index contributed by atoms with van der Waals surface area (Å²) >= 11 is 0. The molecule has 21 heavy (non-hydrogen) atoms. The number of hydroxylamine groups is 1. The smallest absolute Gasteiger partial charge is 0.263 e. The molecule has 1 fully saturated rings. The van der Waals surface area contributed by atoms with E-state index in [9.17, 15) is 4.79 Å². The zero-order chi connectivity index (χ0) is 14.7. The number of aromatic nitrogens is 1. The Morgan fingerprint density at radius 2 is 2.29 bits per heavy atom. The van der Waals surface area contributed by atoms with Crippen LogP contribution in [0.3, 0.4) is 0 Å². The molecule has 1 saturated heterocycles. The van der Waals surface area contributed by atoms with E-state index in [1.165, 1.54) is 0 Å². The van der Waals surface area contributed by atoms with Crippen molar-refractivity contribution in [1.29, 1.82) is 0 Å². The van der Waals surface area contributed by atoms with Crippen LogP contribution in [0.15, 0.2) is 30.3 Å². The number of nitrogens with one attached hydrogen (secondary N) is 1. The van der Waals surface area contributed by atoms with Crippen LogP contribution in [-0.2, 0) is 20.9 Å². The number of aryl methyl sites for hydroxylation is 1. The number of carbonyl (C=O) groups excluding carboxylic acids is 1. The van der Waals surface area contributed by atoms with Gasteiger partial charge < -0.3 is 9.30 Å². The number of hydrogen-bond donors (Lipinski definition) is 1. The number of para-hydroxylation sites is 1. The van der Waals surface area contributed by atoms with E-state index in [2.05, 4.69) is 11.5 Å². The number of rotatable bonds is 4. The molecule has 5 nitrogen and oxygen atoms in total. The van der Waals surface area contributed by atoms with Crippen LogP contribution in [0, 0.1) is 6.92 Å². The summed E-state index contributed by atoms with van der Waals surface area (Å²) in [6, 6.07) is 10.1. The molecule has 0 radical (unpaired) electrons. The van der Waals surface area contributed by atoms with E-state index >= 15 is 0 Å². The van der Waals surface area contributed by atoms with Crippen molar-refractivity contribution in [3.8, 4) is 0 Å². The Hall–Kier alpha value is -1.85. The fraction of sp³-hybridized carbons (Fsp3) is 0.438. The third-order valence-electron chi connectivity index (χ3n) is 3.76. The molecule has 0 spiro atoms. The number of carbonyl (C=O) groups is 1. The number of fused-ring (bicyclic) bond motifs is 1. The van der Waals surface area contributed by atoms with E-state index in [4.69, 9.17) is 9.57 Å². The van der Waals surface area contributed by atoms with E-state index in [1.807, 2.05) is 35.8 Å². The summed E-state index contributed by atoms with van der Waals surface area (Å²) in [5.74, 6) is -0.173. The lowest BCUT2D eigenvalue weighted by Gasteiger charge is -2.22. The minimum atomic E-state index is -0.315. The molecule has 1 aliphatic heterocycles. The van der Waals surface area contributed by atoms with Gasteiger partial charge in [0.25, 0.3) is 5.91 Å². The maximum atomic E-state index is 12.0. The third kappa shape index (κ3) is 3.25. The first-order valence-electron chi connectivity index (χ1n) is 7.35. The Morgan fingerprint density at radius 3 is 3.10 bits per heavy atom. The lowest BCUT2D eigenvalue weighted by Crippen LogP contribution is -2.35. The standard InChI is InChI=1S/C16H20N2O3/c1-12-10-13-6-2-3-7-14(13)18(12)11-15(19)17-21-16-8-4-5-9-20-16/h2-3,6-7,10,16H,4-5,8-9,11H2,1H3,(H,17,19)/t16-/m0/s1. The zero-order valence-corrected chi connectivity index (χ0v) is 12.2. The summed E-state index contributed by atoms with van der Waals surface area (Å²) in [4.78, 5) is 17.3. The van der Waals surface area contributed by atoms with E-state index in [1.54, 1.807) is 0 Å². The SMILES string of the molecule is Cc1cc2ccccc2n1CC(=O)NO[C@H]1CCCCO1. The molecular formula is C16H20N2O3. The van der Waals surface area contributed by atoms with Gasteiger partial charge in [-0.3, -0.25) is 4.79 Å². The molecule has 5 heteroatoms. The molecule has 1 amide bonds. The Kier molecular flexibility index (Phi) is 4.22. The molecule has 3 rings (SSSR count). The van der Waals surface area contributed by atoms with Gasteiger partial charge in [0.2, 0.25) is 0 Å². The number of amides is 1. The summed E-state index contributed by atoms with van der Waals surface area (Å²) in [5, 5.41) is 1.14. The highest BCUT2D eigenvalue weighted by Crippen LogP contribution is 2.19. The zero-order valence-electron chi connectivity index (χ0n) is 12.2. The molecule has 2 aromatic rings. The highest BCUT2D eigenvalue weighted by molar-refractivity contribution is 5.84. The van der Waals surface area contributed by atoms with Crippen molar-refractivity contribution < 1.29 is 14.4 Å². The van der Waals surface area contributed by atoms with Crippen molar-refractivity contribution >= 4 is 16.8 Å². The molecule has 0 saturated carbocycles. The molecule has 2 heterocycles. The second-order valence-electron chi connectivity index (χ2n) is 5.37. The number of ether oxygens (including phenoxy) is 1. The van der Waals surface area contributed by atoms with Crippen LogP contribution >= 0.6 is 0 Å². The summed E-state index contributed by atoms with van der Waals surface area (Å²) in [6.45, 7) is 2.94. The topological polar surface area (TPSA) is 52.5 Å². The Morgan fingerprint density at radius 1 is 1.43 bits per heavy atom. The average Bonchev–Trinajstić information content (AvgIpc) is 2.82. The summed E-state index contributed by atoms with van der Waals surface area (Å²) in [7, 11) is 0. The van der Waals surface area contributed by atoms with Gasteiger partial charge in [-0.15, -0.1) is 0 Å². The average molecular weight is 288 g/mol. The number of benzene rings is 1. The fourth-order valence-electron chi connectivity index (χ4n) is 2.67. The van der Waals surface area contributed by atoms with Crippen LogP contribution in [0.2, 0.25) is 0 Å². The van der Waals surface area contributed by atoms with Gasteiger partial charge in [0.15, 0.2) is 6.29 Å². The van der Waals surface area contributed by atoms with E-state index < -0.39 is 0 Å². The molecular weight excluding hydrogens is 268 g/mol. The molecule has 1 aliphatic rings. The molecule has 0 unspecified atom stereocenters. The number of hydrogen-bond acceptors (Lipinski definition) is 3. The second kappa shape index (κ2) is 6.28. The lowest BCUT2D eigenvalue weighted by atomic mass is 10.2. The van der Waals surface area contributed by atoms with Crippen LogP contribution in [0.4, 0.5) is 0 Å². The summed E-state index contributed by atoms with van der Waals surface area (Å²) < 4.78 is 7.40. The van der Waals surface area contributed by atoms with Crippen LogP contribution < -0.4 is 5.48 Å². The Balaban J connectivity index is 1.62. The maximum Gasteiger partial charge on any atom is 0.263 e. The Labute approximate surface area is 123 Å². The molecule has 1 aromatic heterocycles. The molecule has 1 aromatic carbocycles. The van der Waals surface area contributed by atoms with Crippen LogP contribution in [-0.4, -0.2) is 23.4 Å². The summed E-state index contributed by atoms with van der Waals surface area (Å²) in [6.07, 6.45) is 2.64. The van der Waals surface area contributed by atoms with Gasteiger partial charge in [-0.2, -0.15) is 0 Å². The maximum absolute atomic E-state index is 12.0. The van der Waals surface area contributed by atoms with Crippen molar-refractivity contribution in [1.82, 2.24) is 10.0 Å². The van der Waals surface area contributed by atoms with E-state index in [0.29, 0.717) is 6.61 Å². The lowest BCUT2D eigenvalue weighted by molar-refractivity contribution is -0.200. The normalized spacial score (nSPS) is 18.8. The first kappa shape index (κ1) is 14.1. The fourth-order valence-corrected chi connectivity index (χ4v) is 2.67. The van der Waals surface area contributed by atoms with Crippen molar-refractivity contribution in [3.05, 3.63) is 36.0 Å². The first-order valence-corrected chi connectivity index (χ1v) is 7.35. The minimum absolute atomic E-state index is 0.173. The van der Waals surface area contributed by atoms with Crippen molar-refractivity contribution in [2.45, 2.75) is 39.0 Å². The second-order valence-corrected chi connectivity index (χ2v) is 5.37. The van der Waals surface area contributed by atoms with Crippen molar-refractivity contribution in [3.63, 3.8) is 0 Å². The molecule has 0 aliphatic carbocycles. The Bertz CT molecular complexity index is 629. The molecule has 0 bridgehead atoms. The van der Waals surface area contributed by atoms with Gasteiger partial charge in [-0.05, 0) is 37.3 Å². The van der Waals surface area contributed by atoms with Gasteiger partial charge in [0, 0.05) is 24.2 Å². The van der Waals surface area contributed by atoms with Crippen LogP contribution in [0.1, 0.15) is 25.0 Å². The quantitative estimate of drug-likeness (QED) is 0.880. The van der Waals surface area contributed by atoms with Crippen LogP contribution in [0.5, 0.6) is 0 Å². The number of nitrogens with zero attached hydrogens (tertiary/aromatic N) is 1. The monoisotopic (exact) mass is 288 g/mol. The minimum Gasteiger partial charge on any atom is -0.350 e. The molecule has 1 atom stereocenters. The highest BCUT2D eigenvalue weighted by atomic mass is 16.8. The predicted octanol–water partition coefficient (Wildman–Crippen LogP) is 2.52. The van der Waals surface area contributed by atoms with Crippen LogP contribution in [0.25, 0.3) is 10.9 Å². The van der Waals surface area contributed by atoms with E-state index in [-0.39, 0.29) is 18.7 Å². The predicted molar refractivity (Wildman–Crippen MR) is 79.5 cm³/mol. The van der Waals surface area contributed by atoms with Crippen molar-refractivity contribution in [2.75, 3.05) is 6.61 Å². The molecule has 112 valence electrons. The van der Waals surface area contributed by atoms with Gasteiger partial charge in [-0.25, -0.2) is 10.3 Å². The third-order valence-corrected chi connectivity index (χ3v) is 3.76. The van der Waals surface area contributed by atoms with Gasteiger partial charge in [0.1, 0.15) is 6.54 Å². The highest BCUT2D eigenvalue weighted by Gasteiger charge is 2.16. The van der Waals surface area contributed by atoms with E-state index in [0.717, 1.165) is 35.9 Å². The molecule has 1 N–H and O–H groups in total. The largest absolute Gasteiger partial charge is 0.350 e. The van der Waals surface area contributed by atoms with Gasteiger partial charge in [-0.1, -0.05) is 18.2 Å². The van der Waals surface area contributed by atoms with Crippen molar-refractivity contribution in [2.24, 2.45) is 0 Å². The van der Waals surface area contributed by atoms with Gasteiger partial charge in [0.05, 0.1) is 0 Å². The van der Waals surface area contributed by atoms with Gasteiger partial charge >= 0.3 is 0 Å².